The van der Waals surface area contributed by atoms with E-state index in [1.165, 1.54) is 35.2 Å². The summed E-state index contributed by atoms with van der Waals surface area (Å²) in [4.78, 5) is 27.8. The van der Waals surface area contributed by atoms with Gasteiger partial charge in [-0.1, -0.05) is 29.8 Å². The van der Waals surface area contributed by atoms with Gasteiger partial charge in [0.15, 0.2) is 0 Å². The van der Waals surface area contributed by atoms with Crippen LogP contribution in [0.1, 0.15) is 44.7 Å². The van der Waals surface area contributed by atoms with Crippen LogP contribution in [-0.4, -0.2) is 30.7 Å². The first-order valence-corrected chi connectivity index (χ1v) is 13.6. The Balaban J connectivity index is 1.73. The van der Waals surface area contributed by atoms with Crippen molar-refractivity contribution in [3.63, 3.8) is 0 Å². The predicted octanol–water partition coefficient (Wildman–Crippen LogP) is 9.72. The molecule has 0 spiro atoms. The highest BCUT2D eigenvalue weighted by molar-refractivity contribution is 9.10. The number of nitrogens with zero attached hydrogens (tertiary/aromatic N) is 1. The first-order valence-electron chi connectivity index (χ1n) is 12.5. The molecule has 0 unspecified atom stereocenters. The number of benzene rings is 3. The maximum Gasteiger partial charge on any atom is 0.435 e. The SMILES string of the molecule is O=C(Nc1c(Br)cc(C(F)(C(F)(F)F)C(F)(F)F)cc1C(F)(F)F)c1cccc(N(CC2CC2)C(=O)c2ccccc2Cl)c1. The Hall–Kier alpha value is -3.33. The molecule has 3 aromatic rings. The first kappa shape index (κ1) is 33.6. The monoisotopic (exact) mass is 718 g/mol. The van der Waals surface area contributed by atoms with Gasteiger partial charge in [-0.05, 0) is 77.2 Å². The second-order valence-electron chi connectivity index (χ2n) is 9.88. The minimum atomic E-state index is -6.67. The van der Waals surface area contributed by atoms with Crippen LogP contribution < -0.4 is 10.2 Å². The fourth-order valence-corrected chi connectivity index (χ4v) is 5.07. The van der Waals surface area contributed by atoms with E-state index in [1.54, 1.807) is 12.1 Å². The number of carbonyl (C=O) groups is 2. The van der Waals surface area contributed by atoms with Crippen molar-refractivity contribution in [3.8, 4) is 0 Å². The number of carbonyl (C=O) groups excluding carboxylic acids is 2. The van der Waals surface area contributed by atoms with Gasteiger partial charge < -0.3 is 10.2 Å². The van der Waals surface area contributed by atoms with Crippen LogP contribution in [0.15, 0.2) is 65.1 Å². The van der Waals surface area contributed by atoms with Crippen molar-refractivity contribution in [2.75, 3.05) is 16.8 Å². The van der Waals surface area contributed by atoms with Crippen LogP contribution in [-0.2, 0) is 11.8 Å². The highest BCUT2D eigenvalue weighted by Gasteiger charge is 2.73. The summed E-state index contributed by atoms with van der Waals surface area (Å²) in [5.41, 5.74) is -12.0. The number of nitrogens with one attached hydrogen (secondary N) is 1. The fraction of sp³-hybridized carbons (Fsp3) is 0.286. The van der Waals surface area contributed by atoms with Gasteiger partial charge in [-0.2, -0.15) is 39.5 Å². The predicted molar refractivity (Wildman–Crippen MR) is 144 cm³/mol. The van der Waals surface area contributed by atoms with Crippen LogP contribution >= 0.6 is 27.5 Å². The zero-order valence-electron chi connectivity index (χ0n) is 21.8. The summed E-state index contributed by atoms with van der Waals surface area (Å²) in [6.45, 7) is 0.226. The van der Waals surface area contributed by atoms with Crippen molar-refractivity contribution in [1.29, 1.82) is 0 Å². The zero-order valence-corrected chi connectivity index (χ0v) is 24.1. The normalized spacial score (nSPS) is 14.4. The molecular weight excluding hydrogens is 702 g/mol. The molecule has 4 nitrogen and oxygen atoms in total. The van der Waals surface area contributed by atoms with Gasteiger partial charge in [0.05, 0.1) is 21.8 Å². The van der Waals surface area contributed by atoms with E-state index in [-0.39, 0.29) is 40.4 Å². The van der Waals surface area contributed by atoms with Crippen molar-refractivity contribution in [1.82, 2.24) is 0 Å². The van der Waals surface area contributed by atoms with Gasteiger partial charge in [0.2, 0.25) is 0 Å². The van der Waals surface area contributed by atoms with Crippen LogP contribution in [0.3, 0.4) is 0 Å². The van der Waals surface area contributed by atoms with Gasteiger partial charge in [-0.3, -0.25) is 9.59 Å². The summed E-state index contributed by atoms with van der Waals surface area (Å²) in [7, 11) is 0. The van der Waals surface area contributed by atoms with Crippen LogP contribution in [0.4, 0.5) is 55.3 Å². The number of rotatable bonds is 7. The van der Waals surface area contributed by atoms with E-state index < -0.39 is 63.4 Å². The third-order valence-electron chi connectivity index (χ3n) is 6.72. The van der Waals surface area contributed by atoms with Crippen LogP contribution in [0.25, 0.3) is 0 Å². The number of hydrogen-bond donors (Lipinski definition) is 1. The second kappa shape index (κ2) is 11.9. The quantitative estimate of drug-likeness (QED) is 0.247. The Bertz CT molecular complexity index is 1570. The lowest BCUT2D eigenvalue weighted by Crippen LogP contribution is -2.50. The molecule has 1 aliphatic carbocycles. The molecule has 0 bridgehead atoms. The van der Waals surface area contributed by atoms with E-state index in [0.29, 0.717) is 0 Å². The molecule has 236 valence electrons. The van der Waals surface area contributed by atoms with Crippen LogP contribution in [0.5, 0.6) is 0 Å². The van der Waals surface area contributed by atoms with E-state index in [9.17, 15) is 53.5 Å². The summed E-state index contributed by atoms with van der Waals surface area (Å²) >= 11 is 8.63. The Morgan fingerprint density at radius 3 is 2.02 bits per heavy atom. The summed E-state index contributed by atoms with van der Waals surface area (Å²) < 4.78 is 135. The molecule has 1 saturated carbocycles. The Morgan fingerprint density at radius 2 is 1.48 bits per heavy atom. The standard InChI is InChI=1S/C28H18BrClF10N2O2/c29-20-12-16(25(31,27(35,36)37)28(38,39)40)11-19(26(32,33)34)22(20)41-23(43)15-4-3-5-17(10-15)42(13-14-8-9-14)24(44)18-6-1-2-7-21(18)30/h1-7,10-12,14H,8-9,13H2,(H,41,43). The maximum absolute atomic E-state index is 14.6. The van der Waals surface area contributed by atoms with Crippen molar-refractivity contribution in [2.24, 2.45) is 5.92 Å². The number of alkyl halides is 10. The molecule has 44 heavy (non-hydrogen) atoms. The second-order valence-corrected chi connectivity index (χ2v) is 11.1. The topological polar surface area (TPSA) is 49.4 Å². The molecule has 0 saturated heterocycles. The minimum Gasteiger partial charge on any atom is -0.320 e. The Labute approximate surface area is 256 Å². The molecule has 0 aliphatic heterocycles. The molecule has 1 fully saturated rings. The van der Waals surface area contributed by atoms with E-state index in [0.717, 1.165) is 18.9 Å². The number of amides is 2. The van der Waals surface area contributed by atoms with Crippen molar-refractivity contribution in [2.45, 2.75) is 37.0 Å². The fourth-order valence-electron chi connectivity index (χ4n) is 4.29. The molecular formula is C28H18BrClF10N2O2. The van der Waals surface area contributed by atoms with Crippen molar-refractivity contribution >= 4 is 50.7 Å². The van der Waals surface area contributed by atoms with Gasteiger partial charge in [0.1, 0.15) is 0 Å². The molecule has 16 heteroatoms. The van der Waals surface area contributed by atoms with Crippen molar-refractivity contribution < 1.29 is 53.5 Å². The molecule has 0 atom stereocenters. The van der Waals surface area contributed by atoms with Gasteiger partial charge in [0.25, 0.3) is 11.8 Å². The third kappa shape index (κ3) is 6.67. The maximum atomic E-state index is 14.6. The number of halogens is 12. The molecule has 0 aromatic heterocycles. The highest BCUT2D eigenvalue weighted by Crippen LogP contribution is 2.55. The van der Waals surface area contributed by atoms with Gasteiger partial charge in [-0.15, -0.1) is 0 Å². The Morgan fingerprint density at radius 1 is 0.864 bits per heavy atom. The first-order chi connectivity index (χ1) is 20.3. The summed E-state index contributed by atoms with van der Waals surface area (Å²) in [5, 5.41) is 1.98. The molecule has 0 heterocycles. The lowest BCUT2D eigenvalue weighted by Gasteiger charge is -2.31. The van der Waals surface area contributed by atoms with E-state index >= 15 is 0 Å². The summed E-state index contributed by atoms with van der Waals surface area (Å²) in [6, 6.07) is 10.5. The smallest absolute Gasteiger partial charge is 0.320 e. The van der Waals surface area contributed by atoms with Gasteiger partial charge in [-0.25, -0.2) is 4.39 Å². The van der Waals surface area contributed by atoms with Crippen LogP contribution in [0.2, 0.25) is 5.02 Å². The van der Waals surface area contributed by atoms with Crippen LogP contribution in [0, 0.1) is 5.92 Å². The van der Waals surface area contributed by atoms with Gasteiger partial charge >= 0.3 is 24.2 Å². The average Bonchev–Trinajstić information content (AvgIpc) is 3.74. The zero-order chi connectivity index (χ0) is 32.8. The molecule has 1 aliphatic rings. The van der Waals surface area contributed by atoms with Gasteiger partial charge in [0, 0.05) is 27.8 Å². The average molecular weight is 720 g/mol. The molecule has 4 rings (SSSR count). The molecule has 2 amide bonds. The molecule has 3 aromatic carbocycles. The largest absolute Gasteiger partial charge is 0.435 e. The summed E-state index contributed by atoms with van der Waals surface area (Å²) in [6.07, 6.45) is -17.3. The molecule has 0 radical (unpaired) electrons. The van der Waals surface area contributed by atoms with E-state index in [1.807, 2.05) is 5.32 Å². The van der Waals surface area contributed by atoms with Crippen molar-refractivity contribution in [3.05, 3.63) is 92.4 Å². The lowest BCUT2D eigenvalue weighted by atomic mass is 9.92. The van der Waals surface area contributed by atoms with E-state index in [4.69, 9.17) is 11.6 Å². The number of anilines is 2. The highest BCUT2D eigenvalue weighted by atomic mass is 79.9. The lowest BCUT2D eigenvalue weighted by molar-refractivity contribution is -0.348. The minimum absolute atomic E-state index is 0.137. The number of hydrogen-bond acceptors (Lipinski definition) is 2. The third-order valence-corrected chi connectivity index (χ3v) is 7.68. The van der Waals surface area contributed by atoms with E-state index in [2.05, 4.69) is 15.9 Å². The Kier molecular flexibility index (Phi) is 9.06. The molecule has 1 N–H and O–H groups in total. The summed E-state index contributed by atoms with van der Waals surface area (Å²) in [5.74, 6) is -1.65.